The number of nitrogens with zero attached hydrogens (tertiary/aromatic N) is 1. The van der Waals surface area contributed by atoms with E-state index in [0.717, 1.165) is 0 Å². The minimum atomic E-state index is -0.467. The zero-order valence-electron chi connectivity index (χ0n) is 9.98. The van der Waals surface area contributed by atoms with Gasteiger partial charge in [-0.2, -0.15) is 5.26 Å². The Morgan fingerprint density at radius 3 is 2.72 bits per heavy atom. The lowest BCUT2D eigenvalue weighted by molar-refractivity contribution is -0.139. The van der Waals surface area contributed by atoms with Gasteiger partial charge in [0.05, 0.1) is 31.4 Å². The van der Waals surface area contributed by atoms with Gasteiger partial charge < -0.3 is 14.6 Å². The monoisotopic (exact) mass is 245 g/mol. The van der Waals surface area contributed by atoms with Crippen LogP contribution in [0.4, 0.5) is 0 Å². The van der Waals surface area contributed by atoms with Gasteiger partial charge in [0, 0.05) is 6.07 Å². The summed E-state index contributed by atoms with van der Waals surface area (Å²) in [4.78, 5) is 10.9. The van der Waals surface area contributed by atoms with Gasteiger partial charge in [-0.25, -0.2) is 0 Å². The van der Waals surface area contributed by atoms with Crippen molar-refractivity contribution in [1.29, 1.82) is 5.26 Å². The first-order valence-corrected chi connectivity index (χ1v) is 4.99. The second-order valence-electron chi connectivity index (χ2n) is 3.24. The summed E-state index contributed by atoms with van der Waals surface area (Å²) in [5.74, 6) is 4.68. The third kappa shape index (κ3) is 3.16. The maximum atomic E-state index is 10.9. The smallest absolute Gasteiger partial charge is 0.317 e. The van der Waals surface area contributed by atoms with Crippen LogP contribution in [0.5, 0.6) is 11.5 Å². The van der Waals surface area contributed by atoms with E-state index in [9.17, 15) is 9.90 Å². The van der Waals surface area contributed by atoms with Gasteiger partial charge in [0.2, 0.25) is 0 Å². The van der Waals surface area contributed by atoms with E-state index < -0.39 is 5.97 Å². The molecule has 0 aromatic heterocycles. The highest BCUT2D eigenvalue weighted by molar-refractivity contribution is 5.72. The average Bonchev–Trinajstić information content (AvgIpc) is 2.40. The predicted octanol–water partition coefficient (Wildman–Crippen LogP) is 1.19. The number of benzene rings is 1. The summed E-state index contributed by atoms with van der Waals surface area (Å²) in [5.41, 5.74) is 0.543. The molecule has 1 rings (SSSR count). The molecule has 0 bridgehead atoms. The molecule has 0 fully saturated rings. The molecule has 0 spiro atoms. The van der Waals surface area contributed by atoms with Crippen molar-refractivity contribution in [2.75, 3.05) is 14.2 Å². The van der Waals surface area contributed by atoms with Crippen LogP contribution in [0.1, 0.15) is 17.5 Å². The summed E-state index contributed by atoms with van der Waals surface area (Å²) in [6.45, 7) is 0. The topological polar surface area (TPSA) is 79.6 Å². The number of phenols is 1. The maximum absolute atomic E-state index is 10.9. The lowest BCUT2D eigenvalue weighted by Gasteiger charge is -2.05. The van der Waals surface area contributed by atoms with E-state index in [-0.39, 0.29) is 23.5 Å². The third-order valence-electron chi connectivity index (χ3n) is 2.11. The van der Waals surface area contributed by atoms with Crippen molar-refractivity contribution in [2.45, 2.75) is 6.42 Å². The highest BCUT2D eigenvalue weighted by Crippen LogP contribution is 2.30. The molecule has 0 aliphatic rings. The number of methoxy groups -OCH3 is 2. The summed E-state index contributed by atoms with van der Waals surface area (Å²) < 4.78 is 9.34. The van der Waals surface area contributed by atoms with Crippen molar-refractivity contribution in [3.05, 3.63) is 23.3 Å². The fraction of sp³-hybridized carbons (Fsp3) is 0.231. The van der Waals surface area contributed by atoms with Crippen LogP contribution in [0.3, 0.4) is 0 Å². The summed E-state index contributed by atoms with van der Waals surface area (Å²) >= 11 is 0. The van der Waals surface area contributed by atoms with Gasteiger partial charge in [0.15, 0.2) is 11.5 Å². The summed E-state index contributed by atoms with van der Waals surface area (Å²) in [6.07, 6.45) is -0.0883. The molecule has 0 atom stereocenters. The van der Waals surface area contributed by atoms with Crippen LogP contribution >= 0.6 is 0 Å². The Balaban J connectivity index is 3.08. The molecule has 5 heteroatoms. The Morgan fingerprint density at radius 1 is 1.44 bits per heavy atom. The number of hydrogen-bond acceptors (Lipinski definition) is 5. The lowest BCUT2D eigenvalue weighted by Crippen LogP contribution is -1.97. The number of hydrogen-bond donors (Lipinski definition) is 1. The minimum Gasteiger partial charge on any atom is -0.503 e. The predicted molar refractivity (Wildman–Crippen MR) is 62.9 cm³/mol. The first kappa shape index (κ1) is 13.4. The van der Waals surface area contributed by atoms with Gasteiger partial charge in [-0.05, 0) is 6.07 Å². The van der Waals surface area contributed by atoms with Crippen molar-refractivity contribution in [1.82, 2.24) is 0 Å². The number of rotatable bonds is 2. The van der Waals surface area contributed by atoms with Crippen LogP contribution in [-0.2, 0) is 9.53 Å². The number of carbonyl (C=O) groups excluding carboxylic acids is 1. The average molecular weight is 245 g/mol. The molecule has 0 saturated heterocycles. The molecule has 0 heterocycles. The Kier molecular flexibility index (Phi) is 4.59. The van der Waals surface area contributed by atoms with Crippen molar-refractivity contribution >= 4 is 5.97 Å². The van der Waals surface area contributed by atoms with Gasteiger partial charge in [-0.1, -0.05) is 11.8 Å². The highest BCUT2D eigenvalue weighted by atomic mass is 16.5. The summed E-state index contributed by atoms with van der Waals surface area (Å²) in [5, 5.41) is 18.6. The number of ether oxygens (including phenoxy) is 2. The molecule has 0 aliphatic carbocycles. The van der Waals surface area contributed by atoms with E-state index in [1.165, 1.54) is 26.4 Å². The van der Waals surface area contributed by atoms with Gasteiger partial charge >= 0.3 is 5.97 Å². The summed E-state index contributed by atoms with van der Waals surface area (Å²) in [6, 6.07) is 4.75. The molecular formula is C13H11NO4. The molecule has 92 valence electrons. The Morgan fingerprint density at radius 2 is 2.17 bits per heavy atom. The normalized spacial score (nSPS) is 8.72. The summed E-state index contributed by atoms with van der Waals surface area (Å²) in [7, 11) is 2.64. The largest absolute Gasteiger partial charge is 0.503 e. The van der Waals surface area contributed by atoms with Crippen LogP contribution in [0, 0.1) is 23.2 Å². The van der Waals surface area contributed by atoms with E-state index in [1.54, 1.807) is 0 Å². The molecule has 0 radical (unpaired) electrons. The third-order valence-corrected chi connectivity index (χ3v) is 2.11. The molecule has 0 amide bonds. The first-order valence-electron chi connectivity index (χ1n) is 4.99. The second-order valence-corrected chi connectivity index (χ2v) is 3.24. The van der Waals surface area contributed by atoms with E-state index in [4.69, 9.17) is 10.00 Å². The zero-order valence-corrected chi connectivity index (χ0v) is 9.98. The molecule has 18 heavy (non-hydrogen) atoms. The quantitative estimate of drug-likeness (QED) is 0.625. The Labute approximate surface area is 105 Å². The van der Waals surface area contributed by atoms with Crippen molar-refractivity contribution < 1.29 is 19.4 Å². The number of aromatic hydroxyl groups is 1. The second kappa shape index (κ2) is 6.17. The Hall–Kier alpha value is -2.66. The number of nitriles is 1. The molecule has 1 aromatic carbocycles. The van der Waals surface area contributed by atoms with E-state index >= 15 is 0 Å². The van der Waals surface area contributed by atoms with Gasteiger partial charge in [0.25, 0.3) is 0 Å². The molecule has 0 unspecified atom stereocenters. The highest BCUT2D eigenvalue weighted by Gasteiger charge is 2.08. The van der Waals surface area contributed by atoms with Crippen LogP contribution < -0.4 is 4.74 Å². The molecule has 1 N–H and O–H groups in total. The SMILES string of the molecule is COC(=O)CC#Cc1cc(C#N)cc(OC)c1O. The molecule has 1 aromatic rings. The van der Waals surface area contributed by atoms with Gasteiger partial charge in [-0.3, -0.25) is 4.79 Å². The van der Waals surface area contributed by atoms with E-state index in [0.29, 0.717) is 5.56 Å². The van der Waals surface area contributed by atoms with Crippen LogP contribution in [-0.4, -0.2) is 25.3 Å². The zero-order chi connectivity index (χ0) is 13.5. The number of esters is 1. The van der Waals surface area contributed by atoms with E-state index in [2.05, 4.69) is 16.6 Å². The fourth-order valence-corrected chi connectivity index (χ4v) is 1.21. The molecule has 0 aliphatic heterocycles. The first-order chi connectivity index (χ1) is 8.62. The molecule has 0 saturated carbocycles. The lowest BCUT2D eigenvalue weighted by atomic mass is 10.1. The van der Waals surface area contributed by atoms with Gasteiger partial charge in [-0.15, -0.1) is 0 Å². The van der Waals surface area contributed by atoms with Crippen molar-refractivity contribution in [3.63, 3.8) is 0 Å². The van der Waals surface area contributed by atoms with E-state index in [1.807, 2.05) is 6.07 Å². The number of phenolic OH excluding ortho intramolecular Hbond substituents is 1. The van der Waals surface area contributed by atoms with Crippen LogP contribution in [0.2, 0.25) is 0 Å². The maximum Gasteiger partial charge on any atom is 0.317 e. The fourth-order valence-electron chi connectivity index (χ4n) is 1.21. The van der Waals surface area contributed by atoms with Crippen LogP contribution in [0.25, 0.3) is 0 Å². The van der Waals surface area contributed by atoms with Crippen LogP contribution in [0.15, 0.2) is 12.1 Å². The Bertz CT molecular complexity index is 561. The standard InChI is InChI=1S/C13H11NO4/c1-17-11-7-9(8-14)6-10(13(11)16)4-3-5-12(15)18-2/h6-7,16H,5H2,1-2H3. The number of carbonyl (C=O) groups is 1. The molecule has 5 nitrogen and oxygen atoms in total. The minimum absolute atomic E-state index is 0.0883. The molecular weight excluding hydrogens is 234 g/mol. The van der Waals surface area contributed by atoms with Crippen molar-refractivity contribution in [3.8, 4) is 29.4 Å². The van der Waals surface area contributed by atoms with Gasteiger partial charge in [0.1, 0.15) is 6.42 Å². The van der Waals surface area contributed by atoms with Crippen molar-refractivity contribution in [2.24, 2.45) is 0 Å².